The Morgan fingerprint density at radius 1 is 1.32 bits per heavy atom. The minimum absolute atomic E-state index is 0.104. The van der Waals surface area contributed by atoms with Crippen LogP contribution in [0.15, 0.2) is 18.2 Å². The predicted molar refractivity (Wildman–Crippen MR) is 76.1 cm³/mol. The molecule has 0 aliphatic heterocycles. The van der Waals surface area contributed by atoms with Crippen LogP contribution in [0.4, 0.5) is 4.39 Å². The molecule has 0 saturated heterocycles. The third-order valence-corrected chi connectivity index (χ3v) is 3.11. The van der Waals surface area contributed by atoms with Crippen molar-refractivity contribution >= 4 is 0 Å². The van der Waals surface area contributed by atoms with Gasteiger partial charge >= 0.3 is 0 Å². The number of nitrogens with one attached hydrogen (secondary N) is 1. The molecule has 1 aromatic rings. The van der Waals surface area contributed by atoms with Gasteiger partial charge in [0, 0.05) is 6.61 Å². The molecule has 0 bridgehead atoms. The largest absolute Gasteiger partial charge is 0.376 e. The van der Waals surface area contributed by atoms with Crippen molar-refractivity contribution in [2.45, 2.75) is 46.8 Å². The highest BCUT2D eigenvalue weighted by Gasteiger charge is 2.33. The Kier molecular flexibility index (Phi) is 5.47. The first kappa shape index (κ1) is 16.1. The van der Waals surface area contributed by atoms with Crippen LogP contribution in [0.2, 0.25) is 0 Å². The molecule has 3 N–H and O–H groups in total. The Morgan fingerprint density at radius 2 is 1.95 bits per heavy atom. The van der Waals surface area contributed by atoms with Crippen LogP contribution in [0, 0.1) is 18.2 Å². The fourth-order valence-electron chi connectivity index (χ4n) is 2.33. The van der Waals surface area contributed by atoms with E-state index in [-0.39, 0.29) is 23.4 Å². The van der Waals surface area contributed by atoms with Gasteiger partial charge in [-0.2, -0.15) is 0 Å². The van der Waals surface area contributed by atoms with Crippen LogP contribution in [0.25, 0.3) is 0 Å². The molecular formula is C15H25FN2O. The normalized spacial score (nSPS) is 15.3. The first-order valence-electron chi connectivity index (χ1n) is 6.64. The summed E-state index contributed by atoms with van der Waals surface area (Å²) in [5, 5.41) is 0. The van der Waals surface area contributed by atoms with Crippen molar-refractivity contribution in [1.29, 1.82) is 0 Å². The zero-order valence-electron chi connectivity index (χ0n) is 12.5. The van der Waals surface area contributed by atoms with Crippen molar-refractivity contribution in [2.24, 2.45) is 11.3 Å². The van der Waals surface area contributed by atoms with Crippen LogP contribution in [-0.4, -0.2) is 12.7 Å². The van der Waals surface area contributed by atoms with Gasteiger partial charge in [0.25, 0.3) is 0 Å². The lowest BCUT2D eigenvalue weighted by molar-refractivity contribution is -0.0367. The fraction of sp³-hybridized carbons (Fsp3) is 0.600. The fourth-order valence-corrected chi connectivity index (χ4v) is 2.33. The summed E-state index contributed by atoms with van der Waals surface area (Å²) in [6.45, 7) is 10.7. The van der Waals surface area contributed by atoms with Crippen LogP contribution in [0.1, 0.15) is 44.9 Å². The SMILES string of the molecule is CCOC(C(NN)c1cc(C)cc(F)c1)C(C)(C)C. The van der Waals surface area contributed by atoms with Crippen LogP contribution >= 0.6 is 0 Å². The van der Waals surface area contributed by atoms with E-state index >= 15 is 0 Å². The second-order valence-electron chi connectivity index (χ2n) is 5.95. The van der Waals surface area contributed by atoms with E-state index in [4.69, 9.17) is 10.6 Å². The summed E-state index contributed by atoms with van der Waals surface area (Å²) in [7, 11) is 0. The summed E-state index contributed by atoms with van der Waals surface area (Å²) in [5.74, 6) is 5.43. The van der Waals surface area contributed by atoms with Gasteiger partial charge in [-0.15, -0.1) is 0 Å². The van der Waals surface area contributed by atoms with Crippen molar-refractivity contribution in [3.8, 4) is 0 Å². The lowest BCUT2D eigenvalue weighted by Crippen LogP contribution is -2.44. The molecule has 0 saturated carbocycles. The summed E-state index contributed by atoms with van der Waals surface area (Å²) in [6, 6.07) is 4.71. The number of halogens is 1. The van der Waals surface area contributed by atoms with Gasteiger partial charge in [-0.05, 0) is 42.5 Å². The van der Waals surface area contributed by atoms with Gasteiger partial charge < -0.3 is 4.74 Å². The summed E-state index contributed by atoms with van der Waals surface area (Å²) in [5.41, 5.74) is 4.36. The van der Waals surface area contributed by atoms with E-state index in [9.17, 15) is 4.39 Å². The van der Waals surface area contributed by atoms with Crippen LogP contribution in [0.3, 0.4) is 0 Å². The number of hydrazine groups is 1. The molecule has 4 heteroatoms. The molecule has 108 valence electrons. The molecule has 0 fully saturated rings. The van der Waals surface area contributed by atoms with Gasteiger partial charge in [-0.3, -0.25) is 11.3 Å². The molecule has 0 heterocycles. The first-order chi connectivity index (χ1) is 8.79. The molecule has 1 aromatic carbocycles. The minimum Gasteiger partial charge on any atom is -0.376 e. The highest BCUT2D eigenvalue weighted by molar-refractivity contribution is 5.27. The van der Waals surface area contributed by atoms with E-state index in [0.29, 0.717) is 6.61 Å². The highest BCUT2D eigenvalue weighted by atomic mass is 19.1. The van der Waals surface area contributed by atoms with E-state index in [2.05, 4.69) is 26.2 Å². The zero-order valence-corrected chi connectivity index (χ0v) is 12.5. The summed E-state index contributed by atoms with van der Waals surface area (Å²) in [6.07, 6.45) is -0.135. The van der Waals surface area contributed by atoms with Crippen LogP contribution in [-0.2, 0) is 4.74 Å². The van der Waals surface area contributed by atoms with Crippen LogP contribution in [0.5, 0.6) is 0 Å². The summed E-state index contributed by atoms with van der Waals surface area (Å²) >= 11 is 0. The maximum atomic E-state index is 13.6. The number of hydrogen-bond acceptors (Lipinski definition) is 3. The molecule has 0 aromatic heterocycles. The Labute approximate surface area is 115 Å². The quantitative estimate of drug-likeness (QED) is 0.637. The molecule has 19 heavy (non-hydrogen) atoms. The number of aryl methyl sites for hydroxylation is 1. The first-order valence-corrected chi connectivity index (χ1v) is 6.64. The van der Waals surface area contributed by atoms with Crippen molar-refractivity contribution < 1.29 is 9.13 Å². The number of rotatable bonds is 5. The third kappa shape index (κ3) is 4.27. The molecule has 0 amide bonds. The average Bonchev–Trinajstić information content (AvgIpc) is 2.26. The average molecular weight is 268 g/mol. The number of benzene rings is 1. The summed E-state index contributed by atoms with van der Waals surface area (Å²) in [4.78, 5) is 0. The second kappa shape index (κ2) is 6.46. The molecule has 0 aliphatic carbocycles. The van der Waals surface area contributed by atoms with Gasteiger partial charge in [0.1, 0.15) is 5.82 Å². The Bertz CT molecular complexity index is 395. The Balaban J connectivity index is 3.15. The predicted octanol–water partition coefficient (Wildman–Crippen LogP) is 3.09. The van der Waals surface area contributed by atoms with Gasteiger partial charge in [0.05, 0.1) is 12.1 Å². The highest BCUT2D eigenvalue weighted by Crippen LogP contribution is 2.33. The molecule has 0 radical (unpaired) electrons. The van der Waals surface area contributed by atoms with E-state index in [1.807, 2.05) is 19.9 Å². The van der Waals surface area contributed by atoms with Crippen molar-refractivity contribution in [1.82, 2.24) is 5.43 Å². The lowest BCUT2D eigenvalue weighted by Gasteiger charge is -2.36. The van der Waals surface area contributed by atoms with Crippen molar-refractivity contribution in [3.63, 3.8) is 0 Å². The molecular weight excluding hydrogens is 243 g/mol. The molecule has 0 spiro atoms. The van der Waals surface area contributed by atoms with Gasteiger partial charge in [0.2, 0.25) is 0 Å². The van der Waals surface area contributed by atoms with Gasteiger partial charge in [-0.1, -0.05) is 26.8 Å². The van der Waals surface area contributed by atoms with Gasteiger partial charge in [-0.25, -0.2) is 4.39 Å². The van der Waals surface area contributed by atoms with Crippen molar-refractivity contribution in [2.75, 3.05) is 6.61 Å². The maximum Gasteiger partial charge on any atom is 0.123 e. The Hall–Kier alpha value is -0.970. The molecule has 3 nitrogen and oxygen atoms in total. The van der Waals surface area contributed by atoms with Crippen molar-refractivity contribution in [3.05, 3.63) is 35.1 Å². The number of ether oxygens (including phenoxy) is 1. The summed E-state index contributed by atoms with van der Waals surface area (Å²) < 4.78 is 19.4. The third-order valence-electron chi connectivity index (χ3n) is 3.11. The van der Waals surface area contributed by atoms with E-state index < -0.39 is 0 Å². The second-order valence-corrected chi connectivity index (χ2v) is 5.95. The van der Waals surface area contributed by atoms with Crippen LogP contribution < -0.4 is 11.3 Å². The van der Waals surface area contributed by atoms with Gasteiger partial charge in [0.15, 0.2) is 0 Å². The van der Waals surface area contributed by atoms with E-state index in [0.717, 1.165) is 11.1 Å². The smallest absolute Gasteiger partial charge is 0.123 e. The lowest BCUT2D eigenvalue weighted by atomic mass is 9.82. The monoisotopic (exact) mass is 268 g/mol. The Morgan fingerprint density at radius 3 is 2.37 bits per heavy atom. The number of hydrogen-bond donors (Lipinski definition) is 2. The number of nitrogens with two attached hydrogens (primary N) is 1. The molecule has 2 atom stereocenters. The standard InChI is InChI=1S/C15H25FN2O/c1-6-19-14(15(3,4)5)13(18-17)11-7-10(2)8-12(16)9-11/h7-9,13-14,18H,6,17H2,1-5H3. The molecule has 1 rings (SSSR count). The maximum absolute atomic E-state index is 13.6. The van der Waals surface area contributed by atoms with E-state index in [1.54, 1.807) is 0 Å². The molecule has 2 unspecified atom stereocenters. The minimum atomic E-state index is -0.251. The zero-order chi connectivity index (χ0) is 14.6. The van der Waals surface area contributed by atoms with E-state index in [1.165, 1.54) is 12.1 Å². The molecule has 0 aliphatic rings. The topological polar surface area (TPSA) is 47.3 Å².